The van der Waals surface area contributed by atoms with Gasteiger partial charge >= 0.3 is 0 Å². The van der Waals surface area contributed by atoms with Crippen LogP contribution >= 0.6 is 11.8 Å². The van der Waals surface area contributed by atoms with E-state index in [4.69, 9.17) is 0 Å². The normalized spacial score (nSPS) is 17.7. The molecule has 0 aromatic rings. The van der Waals surface area contributed by atoms with Crippen molar-refractivity contribution in [3.05, 3.63) is 11.5 Å². The van der Waals surface area contributed by atoms with Gasteiger partial charge < -0.3 is 0 Å². The second-order valence-corrected chi connectivity index (χ2v) is 11.6. The van der Waals surface area contributed by atoms with Crippen molar-refractivity contribution >= 4 is 11.8 Å². The molecule has 1 heteroatoms. The molecule has 0 bridgehead atoms. The molecule has 3 unspecified atom stereocenters. The summed E-state index contributed by atoms with van der Waals surface area (Å²) in [6.45, 7) is 30.5. The van der Waals surface area contributed by atoms with Crippen LogP contribution in [0.25, 0.3) is 0 Å². The molecule has 138 valence electrons. The third-order valence-electron chi connectivity index (χ3n) is 5.67. The maximum atomic E-state index is 4.37. The smallest absolute Gasteiger partial charge is 0.0119 e. The minimum Gasteiger partial charge on any atom is -0.127 e. The molecule has 0 aliphatic heterocycles. The van der Waals surface area contributed by atoms with E-state index in [1.54, 1.807) is 0 Å². The van der Waals surface area contributed by atoms with E-state index in [0.29, 0.717) is 22.0 Å². The molecule has 0 aromatic carbocycles. The molecule has 3 atom stereocenters. The topological polar surface area (TPSA) is 0 Å². The van der Waals surface area contributed by atoms with Gasteiger partial charge in [0, 0.05) is 5.25 Å². The largest absolute Gasteiger partial charge is 0.127 e. The van der Waals surface area contributed by atoms with E-state index in [0.717, 1.165) is 5.92 Å². The Kier molecular flexibility index (Phi) is 8.49. The molecule has 0 amide bonds. The molecular weight excluding hydrogens is 296 g/mol. The molecule has 0 nitrogen and oxygen atoms in total. The second kappa shape index (κ2) is 8.45. The minimum atomic E-state index is 0.192. The summed E-state index contributed by atoms with van der Waals surface area (Å²) in [5, 5.41) is 0.658. The number of hydrogen-bond donors (Lipinski definition) is 0. The van der Waals surface area contributed by atoms with Gasteiger partial charge in [0.15, 0.2) is 0 Å². The fourth-order valence-corrected chi connectivity index (χ4v) is 4.86. The standard InChI is InChI=1S/C22H44S/c1-13-18(15-20(5,6)7)22(11,12)16(3)19(14-2)23-17(4)21(8,9)10/h16,18-19H,4,13-15H2,1-3,5-12H3. The van der Waals surface area contributed by atoms with E-state index < -0.39 is 0 Å². The van der Waals surface area contributed by atoms with Crippen LogP contribution in [-0.4, -0.2) is 5.25 Å². The Labute approximate surface area is 152 Å². The van der Waals surface area contributed by atoms with Crippen molar-refractivity contribution in [3.8, 4) is 0 Å². The van der Waals surface area contributed by atoms with Gasteiger partial charge in [-0.15, -0.1) is 11.8 Å². The first kappa shape index (κ1) is 23.1. The van der Waals surface area contributed by atoms with Gasteiger partial charge in [0.05, 0.1) is 0 Å². The Hall–Kier alpha value is 0.0900. The summed E-state index contributed by atoms with van der Waals surface area (Å²) >= 11 is 2.04. The molecule has 0 saturated heterocycles. The van der Waals surface area contributed by atoms with Gasteiger partial charge in [-0.25, -0.2) is 0 Å². The zero-order chi connectivity index (χ0) is 18.6. The van der Waals surface area contributed by atoms with Gasteiger partial charge in [-0.05, 0) is 45.8 Å². The van der Waals surface area contributed by atoms with Crippen molar-refractivity contribution in [1.29, 1.82) is 0 Å². The Morgan fingerprint density at radius 1 is 0.913 bits per heavy atom. The van der Waals surface area contributed by atoms with Crippen molar-refractivity contribution in [1.82, 2.24) is 0 Å². The average Bonchev–Trinajstić information content (AvgIpc) is 2.38. The van der Waals surface area contributed by atoms with Crippen molar-refractivity contribution < 1.29 is 0 Å². The van der Waals surface area contributed by atoms with Gasteiger partial charge in [-0.2, -0.15) is 0 Å². The average molecular weight is 341 g/mol. The van der Waals surface area contributed by atoms with Crippen molar-refractivity contribution in [2.45, 2.75) is 101 Å². The molecule has 0 radical (unpaired) electrons. The predicted molar refractivity (Wildman–Crippen MR) is 111 cm³/mol. The van der Waals surface area contributed by atoms with Gasteiger partial charge in [0.2, 0.25) is 0 Å². The quantitative estimate of drug-likeness (QED) is 0.429. The molecule has 0 aliphatic rings. The van der Waals surface area contributed by atoms with Gasteiger partial charge in [0.25, 0.3) is 0 Å². The van der Waals surface area contributed by atoms with Crippen molar-refractivity contribution in [2.75, 3.05) is 0 Å². The van der Waals surface area contributed by atoms with Crippen molar-refractivity contribution in [2.24, 2.45) is 28.1 Å². The van der Waals surface area contributed by atoms with Gasteiger partial charge in [-0.3, -0.25) is 0 Å². The maximum absolute atomic E-state index is 4.37. The summed E-state index contributed by atoms with van der Waals surface area (Å²) in [7, 11) is 0. The lowest BCUT2D eigenvalue weighted by atomic mass is 9.63. The van der Waals surface area contributed by atoms with Crippen LogP contribution in [-0.2, 0) is 0 Å². The van der Waals surface area contributed by atoms with E-state index in [-0.39, 0.29) is 5.41 Å². The molecule has 0 fully saturated rings. The van der Waals surface area contributed by atoms with Crippen LogP contribution in [0.5, 0.6) is 0 Å². The maximum Gasteiger partial charge on any atom is 0.0119 e. The lowest BCUT2D eigenvalue weighted by Gasteiger charge is -2.45. The summed E-state index contributed by atoms with van der Waals surface area (Å²) in [5.74, 6) is 1.46. The van der Waals surface area contributed by atoms with Crippen LogP contribution in [0.2, 0.25) is 0 Å². The molecule has 0 spiro atoms. The number of hydrogen-bond acceptors (Lipinski definition) is 1. The fraction of sp³-hybridized carbons (Fsp3) is 0.909. The Bertz CT molecular complexity index is 364. The summed E-state index contributed by atoms with van der Waals surface area (Å²) < 4.78 is 0. The lowest BCUT2D eigenvalue weighted by Crippen LogP contribution is -2.38. The van der Waals surface area contributed by atoms with E-state index in [1.165, 1.54) is 24.2 Å². The molecule has 0 aromatic heterocycles. The number of thioether (sulfide) groups is 1. The zero-order valence-electron chi connectivity index (χ0n) is 18.0. The van der Waals surface area contributed by atoms with E-state index in [1.807, 2.05) is 11.8 Å². The minimum absolute atomic E-state index is 0.192. The van der Waals surface area contributed by atoms with Crippen LogP contribution < -0.4 is 0 Å². The lowest BCUT2D eigenvalue weighted by molar-refractivity contribution is 0.0818. The first-order valence-corrected chi connectivity index (χ1v) is 10.4. The highest BCUT2D eigenvalue weighted by Gasteiger charge is 2.39. The van der Waals surface area contributed by atoms with E-state index >= 15 is 0 Å². The molecule has 0 saturated carbocycles. The number of allylic oxidation sites excluding steroid dienone is 1. The fourth-order valence-electron chi connectivity index (χ4n) is 3.42. The van der Waals surface area contributed by atoms with Gasteiger partial charge in [-0.1, -0.05) is 89.2 Å². The van der Waals surface area contributed by atoms with E-state index in [2.05, 4.69) is 82.7 Å². The van der Waals surface area contributed by atoms with Gasteiger partial charge in [0.1, 0.15) is 0 Å². The van der Waals surface area contributed by atoms with Crippen LogP contribution in [0.3, 0.4) is 0 Å². The molecule has 0 aliphatic carbocycles. The third kappa shape index (κ3) is 7.24. The molecule has 0 N–H and O–H groups in total. The first-order chi connectivity index (χ1) is 10.2. The Balaban J connectivity index is 5.24. The first-order valence-electron chi connectivity index (χ1n) is 9.52. The van der Waals surface area contributed by atoms with Crippen molar-refractivity contribution in [3.63, 3.8) is 0 Å². The molecule has 0 rings (SSSR count). The Morgan fingerprint density at radius 2 is 1.39 bits per heavy atom. The number of rotatable bonds is 8. The third-order valence-corrected chi connectivity index (χ3v) is 7.61. The predicted octanol–water partition coefficient (Wildman–Crippen LogP) is 8.18. The SMILES string of the molecule is C=C(SC(CC)C(C)C(C)(C)C(CC)CC(C)(C)C)C(C)(C)C. The van der Waals surface area contributed by atoms with Crippen LogP contribution in [0.1, 0.15) is 95.4 Å². The van der Waals surface area contributed by atoms with Crippen LogP contribution in [0.15, 0.2) is 11.5 Å². The highest BCUT2D eigenvalue weighted by atomic mass is 32.2. The highest BCUT2D eigenvalue weighted by Crippen LogP contribution is 2.49. The summed E-state index contributed by atoms with van der Waals surface area (Å²) in [4.78, 5) is 1.33. The second-order valence-electron chi connectivity index (χ2n) is 10.2. The monoisotopic (exact) mass is 340 g/mol. The zero-order valence-corrected chi connectivity index (χ0v) is 18.8. The van der Waals surface area contributed by atoms with Crippen LogP contribution in [0.4, 0.5) is 0 Å². The molecule has 0 heterocycles. The highest BCUT2D eigenvalue weighted by molar-refractivity contribution is 8.03. The summed E-state index contributed by atoms with van der Waals surface area (Å²) in [6, 6.07) is 0. The molecule has 23 heavy (non-hydrogen) atoms. The molecular formula is C22H44S. The van der Waals surface area contributed by atoms with Crippen LogP contribution in [0, 0.1) is 28.1 Å². The summed E-state index contributed by atoms with van der Waals surface area (Å²) in [5.41, 5.74) is 0.951. The summed E-state index contributed by atoms with van der Waals surface area (Å²) in [6.07, 6.45) is 3.80. The van der Waals surface area contributed by atoms with E-state index in [9.17, 15) is 0 Å². The Morgan fingerprint density at radius 3 is 1.70 bits per heavy atom.